The van der Waals surface area contributed by atoms with E-state index in [-0.39, 0.29) is 5.78 Å². The Hall–Kier alpha value is -1.61. The van der Waals surface area contributed by atoms with Crippen molar-refractivity contribution >= 4 is 21.7 Å². The van der Waals surface area contributed by atoms with Crippen molar-refractivity contribution in [3.8, 4) is 11.5 Å². The summed E-state index contributed by atoms with van der Waals surface area (Å²) in [5.41, 5.74) is 2.86. The van der Waals surface area contributed by atoms with Crippen LogP contribution < -0.4 is 4.74 Å². The number of Topliss-reactive ketones (excluding diaryl/α,β-unsaturated/α-hetero) is 1. The van der Waals surface area contributed by atoms with Crippen molar-refractivity contribution in [3.05, 3.63) is 57.6 Å². The molecule has 0 aliphatic rings. The van der Waals surface area contributed by atoms with Gasteiger partial charge in [-0.2, -0.15) is 0 Å². The van der Waals surface area contributed by atoms with Crippen molar-refractivity contribution < 1.29 is 9.53 Å². The number of carbonyl (C=O) groups is 1. The van der Waals surface area contributed by atoms with Crippen LogP contribution in [0.3, 0.4) is 0 Å². The van der Waals surface area contributed by atoms with Crippen LogP contribution in [-0.2, 0) is 0 Å². The minimum absolute atomic E-state index is 0.00347. The molecule has 0 spiro atoms. The smallest absolute Gasteiger partial charge is 0.163 e. The number of hydrogen-bond acceptors (Lipinski definition) is 2. The zero-order chi connectivity index (χ0) is 15.6. The lowest BCUT2D eigenvalue weighted by Crippen LogP contribution is -2.00. The van der Waals surface area contributed by atoms with Crippen LogP contribution in [0.15, 0.2) is 40.9 Å². The van der Waals surface area contributed by atoms with E-state index in [0.717, 1.165) is 21.3 Å². The molecular weight excluding hydrogens is 328 g/mol. The molecule has 0 N–H and O–H groups in total. The molecule has 21 heavy (non-hydrogen) atoms. The second-order valence-corrected chi connectivity index (χ2v) is 6.41. The summed E-state index contributed by atoms with van der Waals surface area (Å²) in [6.45, 7) is 7.84. The SMILES string of the molecule is CC(=O)c1ccc(Br)cc1Oc1cc(C)ccc1C(C)C. The van der Waals surface area contributed by atoms with Gasteiger partial charge < -0.3 is 4.74 Å². The van der Waals surface area contributed by atoms with E-state index in [4.69, 9.17) is 4.74 Å². The Morgan fingerprint density at radius 1 is 1.10 bits per heavy atom. The third-order valence-electron chi connectivity index (χ3n) is 3.33. The molecule has 2 aromatic carbocycles. The highest BCUT2D eigenvalue weighted by atomic mass is 79.9. The number of benzene rings is 2. The molecule has 2 rings (SSSR count). The normalized spacial score (nSPS) is 10.8. The van der Waals surface area contributed by atoms with Gasteiger partial charge >= 0.3 is 0 Å². The Morgan fingerprint density at radius 2 is 1.81 bits per heavy atom. The van der Waals surface area contributed by atoms with E-state index in [9.17, 15) is 4.79 Å². The Balaban J connectivity index is 2.49. The maximum Gasteiger partial charge on any atom is 0.163 e. The number of rotatable bonds is 4. The van der Waals surface area contributed by atoms with Gasteiger partial charge in [-0.3, -0.25) is 4.79 Å². The van der Waals surface area contributed by atoms with E-state index in [0.29, 0.717) is 17.2 Å². The van der Waals surface area contributed by atoms with Gasteiger partial charge in [0, 0.05) is 4.47 Å². The summed E-state index contributed by atoms with van der Waals surface area (Å²) in [7, 11) is 0. The van der Waals surface area contributed by atoms with E-state index >= 15 is 0 Å². The molecule has 0 aromatic heterocycles. The van der Waals surface area contributed by atoms with Gasteiger partial charge in [-0.15, -0.1) is 0 Å². The Morgan fingerprint density at radius 3 is 2.43 bits per heavy atom. The van der Waals surface area contributed by atoms with E-state index in [1.165, 1.54) is 0 Å². The predicted octanol–water partition coefficient (Wildman–Crippen LogP) is 5.88. The van der Waals surface area contributed by atoms with Crippen LogP contribution in [0.2, 0.25) is 0 Å². The van der Waals surface area contributed by atoms with Gasteiger partial charge in [0.05, 0.1) is 5.56 Å². The van der Waals surface area contributed by atoms with Gasteiger partial charge in [0.25, 0.3) is 0 Å². The second kappa shape index (κ2) is 6.44. The predicted molar refractivity (Wildman–Crippen MR) is 89.5 cm³/mol. The fraction of sp³-hybridized carbons (Fsp3) is 0.278. The highest BCUT2D eigenvalue weighted by molar-refractivity contribution is 9.10. The van der Waals surface area contributed by atoms with Gasteiger partial charge in [0.2, 0.25) is 0 Å². The minimum Gasteiger partial charge on any atom is -0.456 e. The van der Waals surface area contributed by atoms with E-state index in [1.807, 2.05) is 25.1 Å². The molecule has 0 aliphatic heterocycles. The Bertz CT molecular complexity index is 675. The van der Waals surface area contributed by atoms with E-state index < -0.39 is 0 Å². The molecule has 0 fully saturated rings. The number of halogens is 1. The molecule has 0 saturated carbocycles. The molecule has 0 radical (unpaired) electrons. The van der Waals surface area contributed by atoms with E-state index in [2.05, 4.69) is 41.9 Å². The van der Waals surface area contributed by atoms with Crippen LogP contribution in [0.25, 0.3) is 0 Å². The van der Waals surface area contributed by atoms with Gasteiger partial charge in [-0.05, 0) is 55.2 Å². The van der Waals surface area contributed by atoms with Crippen molar-refractivity contribution in [2.24, 2.45) is 0 Å². The lowest BCUT2D eigenvalue weighted by Gasteiger charge is -2.16. The average molecular weight is 347 g/mol. The molecule has 0 atom stereocenters. The van der Waals surface area contributed by atoms with Crippen LogP contribution >= 0.6 is 15.9 Å². The number of carbonyl (C=O) groups excluding carboxylic acids is 1. The number of hydrogen-bond donors (Lipinski definition) is 0. The molecule has 0 unspecified atom stereocenters. The molecule has 110 valence electrons. The Labute approximate surface area is 134 Å². The zero-order valence-corrected chi connectivity index (χ0v) is 14.3. The highest BCUT2D eigenvalue weighted by Gasteiger charge is 2.14. The van der Waals surface area contributed by atoms with Crippen LogP contribution in [0, 0.1) is 6.92 Å². The van der Waals surface area contributed by atoms with E-state index in [1.54, 1.807) is 13.0 Å². The monoisotopic (exact) mass is 346 g/mol. The summed E-state index contributed by atoms with van der Waals surface area (Å²) in [5, 5.41) is 0. The van der Waals surface area contributed by atoms with Crippen LogP contribution in [0.1, 0.15) is 48.2 Å². The van der Waals surface area contributed by atoms with Gasteiger partial charge in [-0.1, -0.05) is 41.9 Å². The summed E-state index contributed by atoms with van der Waals surface area (Å²) in [6.07, 6.45) is 0. The van der Waals surface area contributed by atoms with Crippen LogP contribution in [0.5, 0.6) is 11.5 Å². The first kappa shape index (κ1) is 15.8. The lowest BCUT2D eigenvalue weighted by molar-refractivity contribution is 0.101. The topological polar surface area (TPSA) is 26.3 Å². The van der Waals surface area contributed by atoms with Crippen molar-refractivity contribution in [1.82, 2.24) is 0 Å². The zero-order valence-electron chi connectivity index (χ0n) is 12.7. The Kier molecular flexibility index (Phi) is 4.84. The summed E-state index contributed by atoms with van der Waals surface area (Å²) in [4.78, 5) is 11.8. The van der Waals surface area contributed by atoms with Crippen molar-refractivity contribution in [2.45, 2.75) is 33.6 Å². The molecule has 2 aromatic rings. The van der Waals surface area contributed by atoms with Crippen molar-refractivity contribution in [1.29, 1.82) is 0 Å². The lowest BCUT2D eigenvalue weighted by atomic mass is 10.0. The van der Waals surface area contributed by atoms with Crippen LogP contribution in [0.4, 0.5) is 0 Å². The molecule has 3 heteroatoms. The molecule has 0 bridgehead atoms. The number of ether oxygens (including phenoxy) is 1. The third-order valence-corrected chi connectivity index (χ3v) is 3.83. The standard InChI is InChI=1S/C18H19BrO2/c1-11(2)15-7-5-12(3)9-17(15)21-18-10-14(19)6-8-16(18)13(4)20/h5-11H,1-4H3. The molecule has 0 amide bonds. The largest absolute Gasteiger partial charge is 0.456 e. The fourth-order valence-corrected chi connectivity index (χ4v) is 2.54. The first-order valence-corrected chi connectivity index (χ1v) is 7.76. The summed E-state index contributed by atoms with van der Waals surface area (Å²) >= 11 is 3.43. The molecular formula is C18H19BrO2. The third kappa shape index (κ3) is 3.73. The van der Waals surface area contributed by atoms with Crippen molar-refractivity contribution in [3.63, 3.8) is 0 Å². The van der Waals surface area contributed by atoms with Gasteiger partial charge in [0.15, 0.2) is 5.78 Å². The summed E-state index contributed by atoms with van der Waals surface area (Å²) < 4.78 is 6.96. The number of ketones is 1. The average Bonchev–Trinajstić information content (AvgIpc) is 2.38. The summed E-state index contributed by atoms with van der Waals surface area (Å²) in [5.74, 6) is 1.75. The first-order valence-electron chi connectivity index (χ1n) is 6.97. The maximum atomic E-state index is 11.8. The van der Waals surface area contributed by atoms with Gasteiger partial charge in [-0.25, -0.2) is 0 Å². The molecule has 0 saturated heterocycles. The molecule has 0 heterocycles. The summed E-state index contributed by atoms with van der Waals surface area (Å²) in [6, 6.07) is 11.6. The highest BCUT2D eigenvalue weighted by Crippen LogP contribution is 2.34. The van der Waals surface area contributed by atoms with Crippen molar-refractivity contribution in [2.75, 3.05) is 0 Å². The minimum atomic E-state index is -0.00347. The molecule has 2 nitrogen and oxygen atoms in total. The second-order valence-electron chi connectivity index (χ2n) is 5.49. The van der Waals surface area contributed by atoms with Gasteiger partial charge in [0.1, 0.15) is 11.5 Å². The quantitative estimate of drug-likeness (QED) is 0.646. The molecule has 0 aliphatic carbocycles. The number of aryl methyl sites for hydroxylation is 1. The first-order chi connectivity index (χ1) is 9.88. The maximum absolute atomic E-state index is 11.8. The fourth-order valence-electron chi connectivity index (χ4n) is 2.20. The van der Waals surface area contributed by atoms with Crippen LogP contribution in [-0.4, -0.2) is 5.78 Å².